The van der Waals surface area contributed by atoms with E-state index in [4.69, 9.17) is 0 Å². The molecule has 1 atom stereocenters. The number of nitrogens with zero attached hydrogens (tertiary/aromatic N) is 4. The smallest absolute Gasteiger partial charge is 0.259 e. The summed E-state index contributed by atoms with van der Waals surface area (Å²) in [5.41, 5.74) is 3.69. The van der Waals surface area contributed by atoms with Crippen molar-refractivity contribution in [2.24, 2.45) is 0 Å². The normalized spacial score (nSPS) is 15.5. The molecule has 31 heavy (non-hydrogen) atoms. The minimum Gasteiger partial charge on any atom is -0.393 e. The van der Waals surface area contributed by atoms with E-state index in [1.165, 1.54) is 35.2 Å². The van der Waals surface area contributed by atoms with Gasteiger partial charge in [-0.05, 0) is 50.1 Å². The van der Waals surface area contributed by atoms with Crippen molar-refractivity contribution in [2.75, 3.05) is 28.6 Å². The molecule has 1 aliphatic heterocycles. The van der Waals surface area contributed by atoms with Gasteiger partial charge in [0.2, 0.25) is 5.13 Å². The number of pyridine rings is 1. The number of benzene rings is 1. The molecule has 10 heteroatoms. The van der Waals surface area contributed by atoms with E-state index in [1.807, 2.05) is 6.92 Å². The highest BCUT2D eigenvalue weighted by atomic mass is 32.1. The Hall–Kier alpha value is -3.11. The van der Waals surface area contributed by atoms with Gasteiger partial charge in [0.05, 0.1) is 17.7 Å². The highest BCUT2D eigenvalue weighted by Crippen LogP contribution is 2.31. The van der Waals surface area contributed by atoms with Crippen molar-refractivity contribution in [3.05, 3.63) is 59.0 Å². The fourth-order valence-corrected chi connectivity index (χ4v) is 4.02. The minimum absolute atomic E-state index is 0.217. The summed E-state index contributed by atoms with van der Waals surface area (Å²) < 4.78 is 14.0. The average Bonchev–Trinajstić information content (AvgIpc) is 3.28. The molecule has 162 valence electrons. The van der Waals surface area contributed by atoms with Crippen molar-refractivity contribution >= 4 is 33.9 Å². The van der Waals surface area contributed by atoms with Gasteiger partial charge in [0.25, 0.3) is 5.91 Å². The average molecular weight is 443 g/mol. The first kappa shape index (κ1) is 21.1. The Labute approximate surface area is 183 Å². The third-order valence-corrected chi connectivity index (χ3v) is 5.84. The number of nitrogens with one attached hydrogen (secondary N) is 2. The maximum atomic E-state index is 14.0. The number of carbonyl (C=O) groups is 1. The monoisotopic (exact) mass is 442 g/mol. The van der Waals surface area contributed by atoms with Crippen molar-refractivity contribution in [3.8, 4) is 0 Å². The summed E-state index contributed by atoms with van der Waals surface area (Å²) in [6.45, 7) is 3.39. The summed E-state index contributed by atoms with van der Waals surface area (Å²) in [7, 11) is 0. The van der Waals surface area contributed by atoms with Gasteiger partial charge in [0.15, 0.2) is 0 Å². The van der Waals surface area contributed by atoms with Gasteiger partial charge in [-0.3, -0.25) is 10.1 Å². The highest BCUT2D eigenvalue weighted by molar-refractivity contribution is 7.13. The van der Waals surface area contributed by atoms with Crippen LogP contribution in [0.25, 0.3) is 0 Å². The number of aromatic nitrogens is 3. The lowest BCUT2D eigenvalue weighted by Crippen LogP contribution is -2.36. The molecule has 3 N–H and O–H groups in total. The van der Waals surface area contributed by atoms with Crippen molar-refractivity contribution in [2.45, 2.75) is 31.9 Å². The summed E-state index contributed by atoms with van der Waals surface area (Å²) in [4.78, 5) is 18.7. The lowest BCUT2D eigenvalue weighted by atomic mass is 10.0. The molecular weight excluding hydrogens is 419 g/mol. The maximum Gasteiger partial charge on any atom is 0.259 e. The second-order valence-electron chi connectivity index (χ2n) is 7.42. The third-order valence-electron chi connectivity index (χ3n) is 5.23. The maximum absolute atomic E-state index is 14.0. The molecule has 0 radical (unpaired) electrons. The second-order valence-corrected chi connectivity index (χ2v) is 8.25. The molecule has 2 aromatic heterocycles. The SMILES string of the molecule is CC(Nc1ccc(C(=O)Nc2nncs2)cn1)c1cc(F)ccc1N1CCC(O)CC1. The van der Waals surface area contributed by atoms with Crippen molar-refractivity contribution in [1.29, 1.82) is 0 Å². The van der Waals surface area contributed by atoms with Gasteiger partial charge in [0.1, 0.15) is 17.1 Å². The number of hydrogen-bond donors (Lipinski definition) is 3. The van der Waals surface area contributed by atoms with Crippen molar-refractivity contribution in [3.63, 3.8) is 0 Å². The zero-order valence-electron chi connectivity index (χ0n) is 17.0. The van der Waals surface area contributed by atoms with Crippen LogP contribution in [0.4, 0.5) is 21.0 Å². The molecule has 0 aliphatic carbocycles. The number of hydrogen-bond acceptors (Lipinski definition) is 8. The van der Waals surface area contributed by atoms with Gasteiger partial charge >= 0.3 is 0 Å². The molecule has 4 rings (SSSR count). The number of aliphatic hydroxyl groups excluding tert-OH is 1. The Morgan fingerprint density at radius 2 is 2.10 bits per heavy atom. The van der Waals surface area contributed by atoms with Crippen LogP contribution in [0, 0.1) is 5.82 Å². The molecule has 0 spiro atoms. The van der Waals surface area contributed by atoms with Crippen LogP contribution in [0.3, 0.4) is 0 Å². The number of anilines is 3. The second kappa shape index (κ2) is 9.36. The van der Waals surface area contributed by atoms with Gasteiger partial charge in [0, 0.05) is 30.5 Å². The zero-order chi connectivity index (χ0) is 21.8. The highest BCUT2D eigenvalue weighted by Gasteiger charge is 2.22. The molecule has 3 aromatic rings. The summed E-state index contributed by atoms with van der Waals surface area (Å²) in [5.74, 6) is -0.0473. The molecule has 1 saturated heterocycles. The number of amides is 1. The lowest BCUT2D eigenvalue weighted by molar-refractivity contribution is 0.102. The number of carbonyl (C=O) groups excluding carboxylic acids is 1. The Balaban J connectivity index is 1.46. The lowest BCUT2D eigenvalue weighted by Gasteiger charge is -2.34. The summed E-state index contributed by atoms with van der Waals surface area (Å²) in [5, 5.41) is 23.6. The molecule has 1 unspecified atom stereocenters. The van der Waals surface area contributed by atoms with Crippen molar-refractivity contribution < 1.29 is 14.3 Å². The Bertz CT molecular complexity index is 1020. The van der Waals surface area contributed by atoms with Crippen LogP contribution in [0.2, 0.25) is 0 Å². The molecule has 3 heterocycles. The number of halogens is 1. The van der Waals surface area contributed by atoms with E-state index in [2.05, 4.69) is 30.7 Å². The standard InChI is InChI=1S/C21H23FN6O2S/c1-13(17-10-15(22)3-4-18(17)28-8-6-16(29)7-9-28)25-19-5-2-14(11-23-19)20(30)26-21-27-24-12-31-21/h2-5,10-13,16,29H,6-9H2,1H3,(H,23,25)(H,26,27,30). The fourth-order valence-electron chi connectivity index (χ4n) is 3.58. The predicted octanol–water partition coefficient (Wildman–Crippen LogP) is 3.46. The van der Waals surface area contributed by atoms with Crippen LogP contribution in [0.1, 0.15) is 41.7 Å². The first-order valence-corrected chi connectivity index (χ1v) is 10.9. The number of piperidine rings is 1. The van der Waals surface area contributed by atoms with Crippen LogP contribution < -0.4 is 15.5 Å². The van der Waals surface area contributed by atoms with Gasteiger partial charge in [-0.15, -0.1) is 10.2 Å². The van der Waals surface area contributed by atoms with Crippen LogP contribution in [-0.4, -0.2) is 45.4 Å². The van der Waals surface area contributed by atoms with E-state index in [0.29, 0.717) is 29.4 Å². The largest absolute Gasteiger partial charge is 0.393 e. The Morgan fingerprint density at radius 1 is 1.29 bits per heavy atom. The quantitative estimate of drug-likeness (QED) is 0.537. The van der Waals surface area contributed by atoms with E-state index < -0.39 is 0 Å². The predicted molar refractivity (Wildman–Crippen MR) is 118 cm³/mol. The molecule has 8 nitrogen and oxygen atoms in total. The van der Waals surface area contributed by atoms with Gasteiger partial charge in [-0.2, -0.15) is 0 Å². The first-order valence-electron chi connectivity index (χ1n) is 10.0. The van der Waals surface area contributed by atoms with E-state index >= 15 is 0 Å². The third kappa shape index (κ3) is 5.15. The summed E-state index contributed by atoms with van der Waals surface area (Å²) in [6, 6.07) is 7.93. The summed E-state index contributed by atoms with van der Waals surface area (Å²) in [6.07, 6.45) is 2.59. The minimum atomic E-state index is -0.316. The van der Waals surface area contributed by atoms with E-state index in [0.717, 1.165) is 24.3 Å². The fraction of sp³-hybridized carbons (Fsp3) is 0.333. The van der Waals surface area contributed by atoms with Crippen LogP contribution >= 0.6 is 11.3 Å². The molecule has 1 amide bonds. The number of aliphatic hydroxyl groups is 1. The zero-order valence-corrected chi connectivity index (χ0v) is 17.8. The van der Waals surface area contributed by atoms with E-state index in [-0.39, 0.29) is 23.9 Å². The van der Waals surface area contributed by atoms with E-state index in [9.17, 15) is 14.3 Å². The molecule has 1 aromatic carbocycles. The molecule has 1 aliphatic rings. The van der Waals surface area contributed by atoms with Crippen LogP contribution in [0.5, 0.6) is 0 Å². The number of rotatable bonds is 6. The van der Waals surface area contributed by atoms with Crippen molar-refractivity contribution in [1.82, 2.24) is 15.2 Å². The molecule has 1 fully saturated rings. The molecule has 0 saturated carbocycles. The molecular formula is C21H23FN6O2S. The summed E-state index contributed by atoms with van der Waals surface area (Å²) >= 11 is 1.23. The molecule has 0 bridgehead atoms. The van der Waals surface area contributed by atoms with Gasteiger partial charge in [-0.1, -0.05) is 11.3 Å². The first-order chi connectivity index (χ1) is 15.0. The van der Waals surface area contributed by atoms with E-state index in [1.54, 1.807) is 18.2 Å². The van der Waals surface area contributed by atoms with Gasteiger partial charge < -0.3 is 15.3 Å². The topological polar surface area (TPSA) is 103 Å². The van der Waals surface area contributed by atoms with Crippen LogP contribution in [-0.2, 0) is 0 Å². The van der Waals surface area contributed by atoms with Gasteiger partial charge in [-0.25, -0.2) is 9.37 Å². The Kier molecular flexibility index (Phi) is 6.38. The van der Waals surface area contributed by atoms with Crippen LogP contribution in [0.15, 0.2) is 42.0 Å². The Morgan fingerprint density at radius 3 is 2.77 bits per heavy atom.